The lowest BCUT2D eigenvalue weighted by atomic mass is 10.2. The molecule has 0 N–H and O–H groups in total. The Bertz CT molecular complexity index is 349. The van der Waals surface area contributed by atoms with E-state index in [2.05, 4.69) is 20.7 Å². The monoisotopic (exact) mass is 217 g/mol. The van der Waals surface area contributed by atoms with Gasteiger partial charge in [-0.1, -0.05) is 0 Å². The lowest BCUT2D eigenvalue weighted by molar-refractivity contribution is 0.112. The van der Waals surface area contributed by atoms with Gasteiger partial charge in [0.2, 0.25) is 0 Å². The molecule has 0 atom stereocenters. The molecule has 0 saturated heterocycles. The smallest absolute Gasteiger partial charge is 0.150 e. The number of ether oxygens (including phenoxy) is 1. The first-order valence-corrected chi connectivity index (χ1v) is 3.65. The van der Waals surface area contributed by atoms with Crippen molar-refractivity contribution in [3.63, 3.8) is 0 Å². The summed E-state index contributed by atoms with van der Waals surface area (Å²) in [7, 11) is -2.48. The molecule has 0 spiro atoms. The van der Waals surface area contributed by atoms with Crippen LogP contribution < -0.4 is 4.74 Å². The Morgan fingerprint density at radius 2 is 2.55 bits per heavy atom. The summed E-state index contributed by atoms with van der Waals surface area (Å²) in [6.07, 6.45) is 0.671. The van der Waals surface area contributed by atoms with Crippen LogP contribution in [0.1, 0.15) is 14.5 Å². The van der Waals surface area contributed by atoms with Gasteiger partial charge in [0.05, 0.1) is 15.6 Å². The summed E-state index contributed by atoms with van der Waals surface area (Å²) in [5, 5.41) is 0. The molecule has 0 aliphatic heterocycles. The Morgan fingerprint density at radius 1 is 1.73 bits per heavy atom. The summed E-state index contributed by atoms with van der Waals surface area (Å²) in [5.41, 5.74) is 0.453. The third-order valence-electron chi connectivity index (χ3n) is 1.20. The second-order valence-electron chi connectivity index (χ2n) is 1.91. The molecular weight excluding hydrogens is 208 g/mol. The molecule has 0 aliphatic rings. The van der Waals surface area contributed by atoms with Gasteiger partial charge in [0.1, 0.15) is 12.0 Å². The van der Waals surface area contributed by atoms with E-state index in [1.165, 1.54) is 18.2 Å². The standard InChI is InChI=1S/C8H7BrO2/c1-11-8-3-2-6(5-10)4-7(8)9/h2-5H,1H3/i1D3. The highest BCUT2D eigenvalue weighted by Gasteiger charge is 1.98. The molecule has 0 aromatic heterocycles. The van der Waals surface area contributed by atoms with Crippen molar-refractivity contribution in [1.82, 2.24) is 0 Å². The van der Waals surface area contributed by atoms with Gasteiger partial charge in [-0.05, 0) is 34.1 Å². The number of methoxy groups -OCH3 is 1. The van der Waals surface area contributed by atoms with Gasteiger partial charge in [0.25, 0.3) is 0 Å². The molecule has 0 radical (unpaired) electrons. The third kappa shape index (κ3) is 1.80. The Hall–Kier alpha value is -0.830. The van der Waals surface area contributed by atoms with E-state index in [-0.39, 0.29) is 5.75 Å². The number of carbonyl (C=O) groups excluding carboxylic acids is 1. The Morgan fingerprint density at radius 3 is 3.09 bits per heavy atom. The van der Waals surface area contributed by atoms with Gasteiger partial charge in [-0.25, -0.2) is 0 Å². The van der Waals surface area contributed by atoms with Crippen molar-refractivity contribution in [2.45, 2.75) is 0 Å². The zero-order chi connectivity index (χ0) is 10.8. The van der Waals surface area contributed by atoms with E-state index in [0.717, 1.165) is 0 Å². The van der Waals surface area contributed by atoms with Gasteiger partial charge < -0.3 is 4.74 Å². The van der Waals surface area contributed by atoms with E-state index >= 15 is 0 Å². The summed E-state index contributed by atoms with van der Waals surface area (Å²) < 4.78 is 25.8. The van der Waals surface area contributed by atoms with Crippen molar-refractivity contribution in [2.75, 3.05) is 7.04 Å². The van der Waals surface area contributed by atoms with Crippen molar-refractivity contribution >= 4 is 22.2 Å². The fourth-order valence-corrected chi connectivity index (χ4v) is 1.15. The highest BCUT2D eigenvalue weighted by molar-refractivity contribution is 9.10. The van der Waals surface area contributed by atoms with Gasteiger partial charge in [-0.3, -0.25) is 4.79 Å². The van der Waals surface area contributed by atoms with E-state index in [1.54, 1.807) is 0 Å². The molecule has 3 heteroatoms. The second kappa shape index (κ2) is 3.53. The maximum absolute atomic E-state index is 10.4. The Balaban J connectivity index is 2.95. The first-order valence-electron chi connectivity index (χ1n) is 4.36. The average Bonchev–Trinajstić information content (AvgIpc) is 2.06. The molecule has 2 nitrogen and oxygen atoms in total. The molecule has 0 aliphatic carbocycles. The molecule has 0 heterocycles. The fourth-order valence-electron chi connectivity index (χ4n) is 0.673. The third-order valence-corrected chi connectivity index (χ3v) is 1.82. The first-order chi connectivity index (χ1) is 6.42. The number of hydrogen-bond donors (Lipinski definition) is 0. The predicted octanol–water partition coefficient (Wildman–Crippen LogP) is 2.27. The van der Waals surface area contributed by atoms with Gasteiger partial charge in [0, 0.05) is 5.56 Å². The minimum absolute atomic E-state index is 0.190. The first kappa shape index (κ1) is 4.93. The number of benzene rings is 1. The lowest BCUT2D eigenvalue weighted by Gasteiger charge is -2.01. The van der Waals surface area contributed by atoms with Crippen LogP contribution in [0.2, 0.25) is 0 Å². The molecule has 1 rings (SSSR count). The SMILES string of the molecule is [2H]C([2H])([2H])Oc1ccc(C=O)cc1Br. The molecular formula is C8H7BrO2. The molecule has 1 aromatic carbocycles. The van der Waals surface area contributed by atoms with Crippen molar-refractivity contribution < 1.29 is 13.6 Å². The van der Waals surface area contributed by atoms with Crippen molar-refractivity contribution in [3.8, 4) is 5.75 Å². The largest absolute Gasteiger partial charge is 0.496 e. The molecule has 0 bridgehead atoms. The van der Waals surface area contributed by atoms with E-state index < -0.39 is 7.04 Å². The molecule has 1 aromatic rings. The summed E-state index contributed by atoms with van der Waals surface area (Å²) in [4.78, 5) is 10.4. The van der Waals surface area contributed by atoms with Gasteiger partial charge in [-0.2, -0.15) is 0 Å². The van der Waals surface area contributed by atoms with E-state index in [9.17, 15) is 4.79 Å². The number of halogens is 1. The van der Waals surface area contributed by atoms with E-state index in [1.807, 2.05) is 0 Å². The fraction of sp³-hybridized carbons (Fsp3) is 0.125. The number of carbonyl (C=O) groups is 1. The zero-order valence-corrected chi connectivity index (χ0v) is 7.09. The van der Waals surface area contributed by atoms with Crippen LogP contribution in [0.3, 0.4) is 0 Å². The minimum atomic E-state index is -2.48. The van der Waals surface area contributed by atoms with E-state index in [0.29, 0.717) is 16.3 Å². The highest BCUT2D eigenvalue weighted by atomic mass is 79.9. The van der Waals surface area contributed by atoms with Crippen LogP contribution in [0.4, 0.5) is 0 Å². The molecule has 0 amide bonds. The zero-order valence-electron chi connectivity index (χ0n) is 8.50. The van der Waals surface area contributed by atoms with Crippen LogP contribution in [0, 0.1) is 0 Å². The van der Waals surface area contributed by atoms with Crippen LogP contribution >= 0.6 is 15.9 Å². The van der Waals surface area contributed by atoms with Crippen molar-refractivity contribution in [3.05, 3.63) is 28.2 Å². The molecule has 58 valence electrons. The average molecular weight is 218 g/mol. The number of hydrogen-bond acceptors (Lipinski definition) is 2. The maximum Gasteiger partial charge on any atom is 0.150 e. The van der Waals surface area contributed by atoms with Crippen LogP contribution in [0.5, 0.6) is 5.75 Å². The topological polar surface area (TPSA) is 26.3 Å². The van der Waals surface area contributed by atoms with Crippen LogP contribution in [-0.4, -0.2) is 13.3 Å². The van der Waals surface area contributed by atoms with E-state index in [4.69, 9.17) is 4.11 Å². The second-order valence-corrected chi connectivity index (χ2v) is 2.76. The predicted molar refractivity (Wildman–Crippen MR) is 46.1 cm³/mol. The number of rotatable bonds is 2. The van der Waals surface area contributed by atoms with Crippen LogP contribution in [0.15, 0.2) is 22.7 Å². The van der Waals surface area contributed by atoms with Crippen LogP contribution in [0.25, 0.3) is 0 Å². The van der Waals surface area contributed by atoms with Crippen LogP contribution in [-0.2, 0) is 0 Å². The van der Waals surface area contributed by atoms with Crippen molar-refractivity contribution in [2.24, 2.45) is 0 Å². The summed E-state index contributed by atoms with van der Waals surface area (Å²) in [6.45, 7) is 0. The number of aldehydes is 1. The van der Waals surface area contributed by atoms with Gasteiger partial charge in [-0.15, -0.1) is 0 Å². The summed E-state index contributed by atoms with van der Waals surface area (Å²) in [5.74, 6) is 0.190. The minimum Gasteiger partial charge on any atom is -0.496 e. The lowest BCUT2D eigenvalue weighted by Crippen LogP contribution is -1.85. The molecule has 0 unspecified atom stereocenters. The maximum atomic E-state index is 10.4. The van der Waals surface area contributed by atoms with Crippen molar-refractivity contribution in [1.29, 1.82) is 0 Å². The summed E-state index contributed by atoms with van der Waals surface area (Å²) in [6, 6.07) is 4.41. The summed E-state index contributed by atoms with van der Waals surface area (Å²) >= 11 is 3.11. The molecule has 0 saturated carbocycles. The van der Waals surface area contributed by atoms with Gasteiger partial charge in [0.15, 0.2) is 0 Å². The molecule has 11 heavy (non-hydrogen) atoms. The Kier molecular flexibility index (Phi) is 1.58. The Labute approximate surface area is 77.5 Å². The highest BCUT2D eigenvalue weighted by Crippen LogP contribution is 2.24. The normalized spacial score (nSPS) is 14.5. The van der Waals surface area contributed by atoms with Gasteiger partial charge >= 0.3 is 0 Å². The molecule has 0 fully saturated rings. The quantitative estimate of drug-likeness (QED) is 0.711.